The first-order chi connectivity index (χ1) is 14.0. The molecule has 1 aliphatic carbocycles. The molecule has 1 saturated carbocycles. The van der Waals surface area contributed by atoms with Gasteiger partial charge < -0.3 is 16.2 Å². The average molecular weight is 392 g/mol. The molecule has 0 aliphatic heterocycles. The van der Waals surface area contributed by atoms with E-state index >= 15 is 0 Å². The van der Waals surface area contributed by atoms with Crippen molar-refractivity contribution in [3.63, 3.8) is 0 Å². The second kappa shape index (κ2) is 6.66. The number of phenolic OH excluding ortho intramolecular Hbond substituents is 1. The first-order valence-electron chi connectivity index (χ1n) is 9.61. The molecule has 2 aromatic carbocycles. The van der Waals surface area contributed by atoms with Crippen molar-refractivity contribution in [2.45, 2.75) is 18.9 Å². The highest BCUT2D eigenvalue weighted by Gasteiger charge is 2.28. The summed E-state index contributed by atoms with van der Waals surface area (Å²) in [7, 11) is 1.70. The molecule has 4 N–H and O–H groups in total. The van der Waals surface area contributed by atoms with Gasteiger partial charge in [0.15, 0.2) is 11.6 Å². The Morgan fingerprint density at radius 1 is 1.31 bits per heavy atom. The summed E-state index contributed by atoms with van der Waals surface area (Å²) < 4.78 is 16.0. The van der Waals surface area contributed by atoms with Gasteiger partial charge in [-0.25, -0.2) is 9.37 Å². The first kappa shape index (κ1) is 17.8. The molecular weight excluding hydrogens is 371 g/mol. The molecule has 4 aromatic rings. The van der Waals surface area contributed by atoms with Gasteiger partial charge in [-0.15, -0.1) is 0 Å². The van der Waals surface area contributed by atoms with Crippen LogP contribution >= 0.6 is 0 Å². The monoisotopic (exact) mass is 392 g/mol. The second-order valence-electron chi connectivity index (χ2n) is 7.67. The second-order valence-corrected chi connectivity index (χ2v) is 7.67. The Hall–Kier alpha value is -3.26. The van der Waals surface area contributed by atoms with Crippen molar-refractivity contribution < 1.29 is 9.50 Å². The number of rotatable bonds is 5. The number of hydrogen-bond acceptors (Lipinski definition) is 6. The Morgan fingerprint density at radius 2 is 2.14 bits per heavy atom. The lowest BCUT2D eigenvalue weighted by Gasteiger charge is -2.13. The largest absolute Gasteiger partial charge is 0.504 e. The Morgan fingerprint density at radius 3 is 2.93 bits per heavy atom. The molecule has 0 saturated heterocycles. The molecule has 5 rings (SSSR count). The Labute approximate surface area is 166 Å². The van der Waals surface area contributed by atoms with Gasteiger partial charge in [0.1, 0.15) is 5.52 Å². The van der Waals surface area contributed by atoms with Gasteiger partial charge in [0, 0.05) is 42.5 Å². The van der Waals surface area contributed by atoms with Crippen LogP contribution in [0.1, 0.15) is 12.8 Å². The van der Waals surface area contributed by atoms with E-state index in [1.165, 1.54) is 17.5 Å². The molecule has 1 atom stereocenters. The summed E-state index contributed by atoms with van der Waals surface area (Å²) in [5, 5.41) is 18.3. The van der Waals surface area contributed by atoms with E-state index in [2.05, 4.69) is 20.4 Å². The van der Waals surface area contributed by atoms with Crippen LogP contribution in [0.4, 0.5) is 10.1 Å². The normalized spacial score (nSPS) is 15.1. The zero-order chi connectivity index (χ0) is 20.1. The van der Waals surface area contributed by atoms with E-state index < -0.39 is 11.6 Å². The average Bonchev–Trinajstić information content (AvgIpc) is 3.50. The lowest BCUT2D eigenvalue weighted by atomic mass is 10.1. The quantitative estimate of drug-likeness (QED) is 0.482. The van der Waals surface area contributed by atoms with Gasteiger partial charge in [0.2, 0.25) is 0 Å². The fraction of sp³-hybridized carbons (Fsp3) is 0.286. The van der Waals surface area contributed by atoms with Crippen molar-refractivity contribution in [1.29, 1.82) is 0 Å². The van der Waals surface area contributed by atoms with E-state index in [-0.39, 0.29) is 17.1 Å². The van der Waals surface area contributed by atoms with Crippen LogP contribution in [0, 0.1) is 11.7 Å². The van der Waals surface area contributed by atoms with E-state index in [1.54, 1.807) is 25.5 Å². The van der Waals surface area contributed by atoms with Crippen LogP contribution in [-0.4, -0.2) is 37.4 Å². The standard InChI is InChI=1S/C21H21FN6O/c1-28-10-12-6-14(21(29)19(22)20(12)27-28)18-9-25-17-7-13(4-5-16(17)26-18)24-8-15(23)11-2-3-11/h4-7,9-11,15,24,29H,2-3,8,23H2,1H3. The van der Waals surface area contributed by atoms with Crippen molar-refractivity contribution in [1.82, 2.24) is 19.7 Å². The van der Waals surface area contributed by atoms with E-state index in [0.29, 0.717) is 28.0 Å². The number of nitrogens with one attached hydrogen (secondary N) is 1. The van der Waals surface area contributed by atoms with Crippen molar-refractivity contribution in [3.8, 4) is 17.0 Å². The number of fused-ring (bicyclic) bond motifs is 2. The van der Waals surface area contributed by atoms with Gasteiger partial charge in [-0.05, 0) is 43.0 Å². The molecule has 29 heavy (non-hydrogen) atoms. The number of aromatic hydroxyl groups is 1. The molecule has 8 heteroatoms. The molecule has 1 unspecified atom stereocenters. The van der Waals surface area contributed by atoms with E-state index in [0.717, 1.165) is 12.2 Å². The Balaban J connectivity index is 1.47. The van der Waals surface area contributed by atoms with Crippen molar-refractivity contribution in [3.05, 3.63) is 42.5 Å². The molecule has 0 spiro atoms. The summed E-state index contributed by atoms with van der Waals surface area (Å²) in [4.78, 5) is 9.03. The van der Waals surface area contributed by atoms with Gasteiger partial charge in [-0.2, -0.15) is 5.10 Å². The molecule has 7 nitrogen and oxygen atoms in total. The highest BCUT2D eigenvalue weighted by atomic mass is 19.1. The minimum Gasteiger partial charge on any atom is -0.504 e. The van der Waals surface area contributed by atoms with Crippen LogP contribution in [0.2, 0.25) is 0 Å². The van der Waals surface area contributed by atoms with Crippen LogP contribution in [0.15, 0.2) is 36.7 Å². The van der Waals surface area contributed by atoms with Crippen LogP contribution in [0.5, 0.6) is 5.75 Å². The summed E-state index contributed by atoms with van der Waals surface area (Å²) in [6.07, 6.45) is 5.67. The summed E-state index contributed by atoms with van der Waals surface area (Å²) in [5.74, 6) is -0.598. The van der Waals surface area contributed by atoms with Crippen LogP contribution < -0.4 is 11.1 Å². The van der Waals surface area contributed by atoms with Gasteiger partial charge in [-0.1, -0.05) is 0 Å². The Bertz CT molecular complexity index is 1230. The summed E-state index contributed by atoms with van der Waals surface area (Å²) >= 11 is 0. The van der Waals surface area contributed by atoms with Crippen molar-refractivity contribution in [2.75, 3.05) is 11.9 Å². The molecule has 1 aliphatic rings. The van der Waals surface area contributed by atoms with Gasteiger partial charge >= 0.3 is 0 Å². The van der Waals surface area contributed by atoms with Gasteiger partial charge in [0.05, 0.1) is 22.9 Å². The fourth-order valence-electron chi connectivity index (χ4n) is 3.61. The number of aromatic nitrogens is 4. The number of benzene rings is 2. The minimum atomic E-state index is -0.758. The molecular formula is C21H21FN6O. The molecule has 1 fully saturated rings. The van der Waals surface area contributed by atoms with Gasteiger partial charge in [0.25, 0.3) is 0 Å². The highest BCUT2D eigenvalue weighted by Crippen LogP contribution is 2.35. The van der Waals surface area contributed by atoms with Crippen molar-refractivity contribution >= 4 is 27.6 Å². The third kappa shape index (κ3) is 3.25. The highest BCUT2D eigenvalue weighted by molar-refractivity contribution is 5.89. The van der Waals surface area contributed by atoms with E-state index in [9.17, 15) is 9.50 Å². The number of anilines is 1. The zero-order valence-electron chi connectivity index (χ0n) is 15.9. The molecule has 148 valence electrons. The maximum absolute atomic E-state index is 14.5. The zero-order valence-corrected chi connectivity index (χ0v) is 15.9. The number of aryl methyl sites for hydroxylation is 1. The third-order valence-corrected chi connectivity index (χ3v) is 5.42. The van der Waals surface area contributed by atoms with Gasteiger partial charge in [-0.3, -0.25) is 9.67 Å². The fourth-order valence-corrected chi connectivity index (χ4v) is 3.61. The number of nitrogens with two attached hydrogens (primary N) is 1. The Kier molecular flexibility index (Phi) is 4.09. The molecule has 2 aromatic heterocycles. The lowest BCUT2D eigenvalue weighted by molar-refractivity contribution is 0.437. The molecule has 0 amide bonds. The SMILES string of the molecule is Cn1cc2cc(-c3cnc4cc(NCC(N)C5CC5)ccc4n3)c(O)c(F)c2n1. The summed E-state index contributed by atoms with van der Waals surface area (Å²) in [5.41, 5.74) is 9.25. The number of hydrogen-bond donors (Lipinski definition) is 3. The third-order valence-electron chi connectivity index (χ3n) is 5.42. The predicted octanol–water partition coefficient (Wildman–Crippen LogP) is 3.18. The minimum absolute atomic E-state index is 0.127. The lowest BCUT2D eigenvalue weighted by Crippen LogP contribution is -2.31. The first-order valence-corrected chi connectivity index (χ1v) is 9.61. The number of nitrogens with zero attached hydrogens (tertiary/aromatic N) is 4. The summed E-state index contributed by atoms with van der Waals surface area (Å²) in [6.45, 7) is 0.722. The van der Waals surface area contributed by atoms with Crippen molar-refractivity contribution in [2.24, 2.45) is 18.7 Å². The molecule has 0 bridgehead atoms. The van der Waals surface area contributed by atoms with E-state index in [4.69, 9.17) is 5.73 Å². The molecule has 2 heterocycles. The topological polar surface area (TPSA) is 102 Å². The molecule has 0 radical (unpaired) electrons. The number of phenols is 1. The predicted molar refractivity (Wildman–Crippen MR) is 110 cm³/mol. The summed E-state index contributed by atoms with van der Waals surface area (Å²) in [6, 6.07) is 7.53. The maximum atomic E-state index is 14.5. The van der Waals surface area contributed by atoms with Crippen LogP contribution in [-0.2, 0) is 7.05 Å². The number of halogens is 1. The van der Waals surface area contributed by atoms with E-state index in [1.807, 2.05) is 18.2 Å². The smallest absolute Gasteiger partial charge is 0.193 e. The maximum Gasteiger partial charge on any atom is 0.193 e. The van der Waals surface area contributed by atoms with Crippen LogP contribution in [0.25, 0.3) is 33.2 Å². The van der Waals surface area contributed by atoms with Crippen LogP contribution in [0.3, 0.4) is 0 Å².